The van der Waals surface area contributed by atoms with Crippen LogP contribution >= 0.6 is 0 Å². The molecule has 1 N–H and O–H groups in total. The van der Waals surface area contributed by atoms with Crippen molar-refractivity contribution >= 4 is 39.9 Å². The fraction of sp³-hybridized carbons (Fsp3) is 0.188. The van der Waals surface area contributed by atoms with Crippen molar-refractivity contribution in [1.82, 2.24) is 4.90 Å². The molecule has 0 bridgehead atoms. The summed E-state index contributed by atoms with van der Waals surface area (Å²) in [7, 11) is 1.74. The van der Waals surface area contributed by atoms with Gasteiger partial charge in [-0.1, -0.05) is 60.5 Å². The number of anilines is 2. The number of para-hydroxylation sites is 3. The van der Waals surface area contributed by atoms with Crippen molar-refractivity contribution in [1.29, 1.82) is 0 Å². The highest BCUT2D eigenvalue weighted by Gasteiger charge is 2.78. The number of nitrogens with zero attached hydrogens (tertiary/aromatic N) is 2. The molecule has 196 valence electrons. The number of nitrogens with one attached hydrogen (secondary N) is 1. The number of benzene rings is 3. The van der Waals surface area contributed by atoms with Crippen LogP contribution in [-0.2, 0) is 20.5 Å². The van der Waals surface area contributed by atoms with Gasteiger partial charge in [-0.25, -0.2) is 4.79 Å². The first-order valence-corrected chi connectivity index (χ1v) is 12.9. The summed E-state index contributed by atoms with van der Waals surface area (Å²) in [5.74, 6) is 0.0454. The van der Waals surface area contributed by atoms with Crippen molar-refractivity contribution in [3.8, 4) is 12.3 Å². The van der Waals surface area contributed by atoms with Gasteiger partial charge in [-0.3, -0.25) is 24.2 Å². The Morgan fingerprint density at radius 2 is 1.73 bits per heavy atom. The lowest BCUT2D eigenvalue weighted by Crippen LogP contribution is -2.63. The molecule has 0 unspecified atom stereocenters. The summed E-state index contributed by atoms with van der Waals surface area (Å²) in [6.45, 7) is 0.0362. The zero-order chi connectivity index (χ0) is 27.8. The van der Waals surface area contributed by atoms with E-state index < -0.39 is 34.2 Å². The largest absolute Gasteiger partial charge is 0.422 e. The number of carbonyl (C=O) groups excluding carboxylic acids is 3. The van der Waals surface area contributed by atoms with E-state index in [9.17, 15) is 19.2 Å². The van der Waals surface area contributed by atoms with E-state index in [0.717, 1.165) is 0 Å². The SMILES string of the molecule is C#CCN1C(=O)[C@@]2(c3ccccc31)N(C)C[C@@H](C(=O)c1cc3ccccc3oc1=O)[C@]21C(=O)Nc2ccccc21. The molecule has 7 rings (SSSR count). The number of amides is 2. The smallest absolute Gasteiger partial charge is 0.347 e. The Morgan fingerprint density at radius 3 is 2.52 bits per heavy atom. The van der Waals surface area contributed by atoms with Crippen LogP contribution in [0.2, 0.25) is 0 Å². The second-order valence-electron chi connectivity index (χ2n) is 10.4. The second kappa shape index (κ2) is 8.25. The normalized spacial score (nSPS) is 24.9. The van der Waals surface area contributed by atoms with Gasteiger partial charge in [-0.15, -0.1) is 6.42 Å². The van der Waals surface area contributed by atoms with E-state index >= 15 is 0 Å². The van der Waals surface area contributed by atoms with E-state index in [4.69, 9.17) is 10.8 Å². The lowest BCUT2D eigenvalue weighted by molar-refractivity contribution is -0.138. The predicted molar refractivity (Wildman–Crippen MR) is 149 cm³/mol. The second-order valence-corrected chi connectivity index (χ2v) is 10.4. The summed E-state index contributed by atoms with van der Waals surface area (Å²) >= 11 is 0. The van der Waals surface area contributed by atoms with Crippen LogP contribution in [0.25, 0.3) is 11.0 Å². The molecule has 8 heteroatoms. The van der Waals surface area contributed by atoms with Crippen molar-refractivity contribution < 1.29 is 18.8 Å². The van der Waals surface area contributed by atoms with Crippen molar-refractivity contribution in [2.75, 3.05) is 30.4 Å². The molecule has 3 atom stereocenters. The standard InChI is InChI=1S/C32H23N3O5/c1-3-16-35-25-14-8-6-12-22(25)32(30(35)39)31(21-11-5-7-13-24(21)33-29(31)38)23(18-34(32)2)27(36)20-17-19-10-4-9-15-26(19)40-28(20)37/h1,4-15,17,23H,16,18H2,2H3,(H,33,38)/t23-,31+,32+/m0/s1. The average Bonchev–Trinajstić information content (AvgIpc) is 3.51. The van der Waals surface area contributed by atoms with Gasteiger partial charge in [0.25, 0.3) is 5.91 Å². The Balaban J connectivity index is 1.54. The van der Waals surface area contributed by atoms with E-state index in [1.807, 2.05) is 12.1 Å². The molecule has 3 aromatic carbocycles. The first-order chi connectivity index (χ1) is 19.4. The third kappa shape index (κ3) is 2.69. The lowest BCUT2D eigenvalue weighted by atomic mass is 9.58. The van der Waals surface area contributed by atoms with Crippen LogP contribution in [0.3, 0.4) is 0 Å². The molecule has 8 nitrogen and oxygen atoms in total. The average molecular weight is 530 g/mol. The van der Waals surface area contributed by atoms with Gasteiger partial charge in [0.15, 0.2) is 5.78 Å². The topological polar surface area (TPSA) is 99.9 Å². The van der Waals surface area contributed by atoms with E-state index in [-0.39, 0.29) is 24.6 Å². The molecule has 0 saturated carbocycles. The van der Waals surface area contributed by atoms with E-state index in [1.165, 1.54) is 11.0 Å². The molecular formula is C32H23N3O5. The monoisotopic (exact) mass is 529 g/mol. The summed E-state index contributed by atoms with van der Waals surface area (Å²) in [6.07, 6.45) is 5.68. The van der Waals surface area contributed by atoms with Crippen LogP contribution in [0, 0.1) is 18.3 Å². The van der Waals surface area contributed by atoms with Crippen LogP contribution in [0.4, 0.5) is 11.4 Å². The summed E-state index contributed by atoms with van der Waals surface area (Å²) in [4.78, 5) is 60.0. The summed E-state index contributed by atoms with van der Waals surface area (Å²) in [5, 5.41) is 3.53. The quantitative estimate of drug-likeness (QED) is 0.248. The summed E-state index contributed by atoms with van der Waals surface area (Å²) in [5.41, 5.74) is -1.65. The van der Waals surface area contributed by atoms with E-state index in [2.05, 4.69) is 11.2 Å². The zero-order valence-corrected chi connectivity index (χ0v) is 21.5. The van der Waals surface area contributed by atoms with Gasteiger partial charge in [-0.05, 0) is 36.9 Å². The van der Waals surface area contributed by atoms with Gasteiger partial charge in [-0.2, -0.15) is 0 Å². The summed E-state index contributed by atoms with van der Waals surface area (Å²) in [6, 6.07) is 22.8. The Bertz CT molecular complexity index is 1890. The lowest BCUT2D eigenvalue weighted by Gasteiger charge is -2.43. The third-order valence-electron chi connectivity index (χ3n) is 8.69. The van der Waals surface area contributed by atoms with Crippen LogP contribution in [0.1, 0.15) is 21.5 Å². The molecule has 4 aromatic rings. The Kier molecular flexibility index (Phi) is 4.96. The number of hydrogen-bond donors (Lipinski definition) is 1. The van der Waals surface area contributed by atoms with Gasteiger partial charge < -0.3 is 9.73 Å². The number of likely N-dealkylation sites (N-methyl/N-ethyl adjacent to an activating group) is 1. The molecule has 2 amide bonds. The Labute approximate surface area is 229 Å². The summed E-state index contributed by atoms with van der Waals surface area (Å²) < 4.78 is 5.50. The van der Waals surface area contributed by atoms with E-state index in [1.54, 1.807) is 72.6 Å². The van der Waals surface area contributed by atoms with E-state index in [0.29, 0.717) is 33.5 Å². The molecule has 1 saturated heterocycles. The van der Waals surface area contributed by atoms with Crippen molar-refractivity contribution in [2.45, 2.75) is 11.0 Å². The van der Waals surface area contributed by atoms with Crippen LogP contribution in [0.5, 0.6) is 0 Å². The minimum Gasteiger partial charge on any atom is -0.422 e. The van der Waals surface area contributed by atoms with Crippen molar-refractivity contribution in [3.05, 3.63) is 106 Å². The maximum atomic E-state index is 14.7. The number of rotatable bonds is 3. The first kappa shape index (κ1) is 24.1. The molecule has 2 spiro atoms. The molecule has 0 aliphatic carbocycles. The minimum atomic E-state index is -1.69. The van der Waals surface area contributed by atoms with Gasteiger partial charge >= 0.3 is 5.63 Å². The number of carbonyl (C=O) groups is 3. The first-order valence-electron chi connectivity index (χ1n) is 12.9. The predicted octanol–water partition coefficient (Wildman–Crippen LogP) is 3.30. The molecule has 0 radical (unpaired) electrons. The highest BCUT2D eigenvalue weighted by atomic mass is 16.4. The molecule has 3 aliphatic heterocycles. The van der Waals surface area contributed by atoms with Crippen molar-refractivity contribution in [3.63, 3.8) is 0 Å². The molecule has 1 fully saturated rings. The number of terminal acetylenes is 1. The van der Waals surface area contributed by atoms with Crippen LogP contribution in [-0.4, -0.2) is 42.6 Å². The highest BCUT2D eigenvalue weighted by molar-refractivity contribution is 6.21. The third-order valence-corrected chi connectivity index (χ3v) is 8.69. The zero-order valence-electron chi connectivity index (χ0n) is 21.5. The molecule has 40 heavy (non-hydrogen) atoms. The maximum Gasteiger partial charge on any atom is 0.347 e. The van der Waals surface area contributed by atoms with Gasteiger partial charge in [0, 0.05) is 23.2 Å². The highest BCUT2D eigenvalue weighted by Crippen LogP contribution is 2.64. The van der Waals surface area contributed by atoms with Gasteiger partial charge in [0.1, 0.15) is 22.1 Å². The number of hydrogen-bond acceptors (Lipinski definition) is 6. The van der Waals surface area contributed by atoms with Gasteiger partial charge in [0.05, 0.1) is 18.2 Å². The number of Topliss-reactive ketones (excluding diaryl/α,β-unsaturated/α-hetero) is 1. The molecule has 1 aromatic heterocycles. The number of likely N-dealkylation sites (tertiary alicyclic amines) is 1. The van der Waals surface area contributed by atoms with Crippen LogP contribution < -0.4 is 15.8 Å². The Morgan fingerprint density at radius 1 is 1.02 bits per heavy atom. The van der Waals surface area contributed by atoms with Crippen LogP contribution in [0.15, 0.2) is 88.1 Å². The fourth-order valence-electron chi connectivity index (χ4n) is 7.22. The molecular weight excluding hydrogens is 506 g/mol. The fourth-order valence-corrected chi connectivity index (χ4v) is 7.22. The maximum absolute atomic E-state index is 14.7. The minimum absolute atomic E-state index is 0.00232. The Hall–Kier alpha value is -5.00. The molecule has 4 heterocycles. The number of ketones is 1. The van der Waals surface area contributed by atoms with Crippen molar-refractivity contribution in [2.24, 2.45) is 5.92 Å². The molecule has 3 aliphatic rings. The van der Waals surface area contributed by atoms with Gasteiger partial charge in [0.2, 0.25) is 5.91 Å². The number of fused-ring (bicyclic) bond motifs is 6.